The van der Waals surface area contributed by atoms with E-state index in [4.69, 9.17) is 5.11 Å². The summed E-state index contributed by atoms with van der Waals surface area (Å²) >= 11 is 0. The van der Waals surface area contributed by atoms with Crippen LogP contribution < -0.4 is 4.72 Å². The average molecular weight is 381 g/mol. The zero-order valence-electron chi connectivity index (χ0n) is 14.5. The number of carboxylic acids is 1. The van der Waals surface area contributed by atoms with Crippen LogP contribution in [0.25, 0.3) is 0 Å². The number of nitrogens with one attached hydrogen (secondary N) is 1. The number of aromatic carboxylic acids is 1. The van der Waals surface area contributed by atoms with Gasteiger partial charge in [0.05, 0.1) is 10.5 Å². The summed E-state index contributed by atoms with van der Waals surface area (Å²) in [5.41, 5.74) is 2.79. The maximum atomic E-state index is 12.4. The molecule has 0 saturated carbocycles. The van der Waals surface area contributed by atoms with Gasteiger partial charge in [0.1, 0.15) is 0 Å². The number of aryl methyl sites for hydroxylation is 2. The van der Waals surface area contributed by atoms with Gasteiger partial charge in [0.25, 0.3) is 10.0 Å². The third-order valence-corrected chi connectivity index (χ3v) is 5.53. The Morgan fingerprint density at radius 2 is 1.48 bits per heavy atom. The maximum Gasteiger partial charge on any atom is 0.335 e. The van der Waals surface area contributed by atoms with Crippen molar-refractivity contribution in [1.82, 2.24) is 0 Å². The maximum absolute atomic E-state index is 12.4. The second kappa shape index (κ2) is 8.05. The predicted octanol–water partition coefficient (Wildman–Crippen LogP) is 3.97. The molecule has 0 aliphatic heterocycles. The van der Waals surface area contributed by atoms with Crippen molar-refractivity contribution >= 4 is 21.7 Å². The molecular formula is C21H19NO4S. The molecule has 2 N–H and O–H groups in total. The lowest BCUT2D eigenvalue weighted by Crippen LogP contribution is -2.12. The van der Waals surface area contributed by atoms with E-state index in [0.29, 0.717) is 12.1 Å². The molecule has 0 fully saturated rings. The Morgan fingerprint density at radius 1 is 0.815 bits per heavy atom. The van der Waals surface area contributed by atoms with Crippen molar-refractivity contribution in [1.29, 1.82) is 0 Å². The molecule has 3 aromatic carbocycles. The highest BCUT2D eigenvalue weighted by Crippen LogP contribution is 2.18. The first-order valence-corrected chi connectivity index (χ1v) is 9.91. The Kier molecular flexibility index (Phi) is 5.57. The lowest BCUT2D eigenvalue weighted by molar-refractivity contribution is 0.0697. The Bertz CT molecular complexity index is 1030. The van der Waals surface area contributed by atoms with Gasteiger partial charge in [-0.3, -0.25) is 4.72 Å². The molecule has 0 heterocycles. The Morgan fingerprint density at radius 3 is 2.15 bits per heavy atom. The first-order chi connectivity index (χ1) is 12.9. The number of carboxylic acid groups (broad SMARTS) is 1. The molecule has 0 atom stereocenters. The molecule has 0 aliphatic carbocycles. The fraction of sp³-hybridized carbons (Fsp3) is 0.0952. The van der Waals surface area contributed by atoms with Gasteiger partial charge >= 0.3 is 5.97 Å². The molecule has 0 amide bonds. The van der Waals surface area contributed by atoms with E-state index in [9.17, 15) is 13.2 Å². The van der Waals surface area contributed by atoms with E-state index in [0.717, 1.165) is 17.5 Å². The van der Waals surface area contributed by atoms with E-state index in [-0.39, 0.29) is 10.5 Å². The molecule has 138 valence electrons. The van der Waals surface area contributed by atoms with Gasteiger partial charge in [-0.25, -0.2) is 13.2 Å². The van der Waals surface area contributed by atoms with Crippen LogP contribution in [0.15, 0.2) is 83.8 Å². The van der Waals surface area contributed by atoms with Gasteiger partial charge < -0.3 is 5.11 Å². The molecule has 0 aliphatic rings. The molecule has 0 radical (unpaired) electrons. The Hall–Kier alpha value is -3.12. The van der Waals surface area contributed by atoms with E-state index in [2.05, 4.69) is 4.72 Å². The summed E-state index contributed by atoms with van der Waals surface area (Å²) in [5, 5.41) is 8.93. The summed E-state index contributed by atoms with van der Waals surface area (Å²) in [4.78, 5) is 11.1. The average Bonchev–Trinajstić information content (AvgIpc) is 2.67. The minimum Gasteiger partial charge on any atom is -0.478 e. The van der Waals surface area contributed by atoms with E-state index in [1.807, 2.05) is 18.2 Å². The van der Waals surface area contributed by atoms with E-state index >= 15 is 0 Å². The van der Waals surface area contributed by atoms with Gasteiger partial charge in [0, 0.05) is 5.69 Å². The quantitative estimate of drug-likeness (QED) is 0.649. The van der Waals surface area contributed by atoms with Gasteiger partial charge in [-0.05, 0) is 60.4 Å². The lowest BCUT2D eigenvalue weighted by atomic mass is 10.0. The number of hydrogen-bond acceptors (Lipinski definition) is 3. The van der Waals surface area contributed by atoms with Crippen molar-refractivity contribution in [3.8, 4) is 0 Å². The molecule has 3 aromatic rings. The van der Waals surface area contributed by atoms with Gasteiger partial charge in [-0.2, -0.15) is 0 Å². The van der Waals surface area contributed by atoms with Crippen LogP contribution in [-0.2, 0) is 22.9 Å². The van der Waals surface area contributed by atoms with Crippen LogP contribution in [0.2, 0.25) is 0 Å². The molecule has 0 spiro atoms. The molecule has 27 heavy (non-hydrogen) atoms. The molecule has 5 nitrogen and oxygen atoms in total. The number of anilines is 1. The summed E-state index contributed by atoms with van der Waals surface area (Å²) in [6.45, 7) is 0. The van der Waals surface area contributed by atoms with Crippen molar-refractivity contribution < 1.29 is 18.3 Å². The molecule has 0 saturated heterocycles. The third-order valence-electron chi connectivity index (χ3n) is 4.14. The number of benzene rings is 3. The number of hydrogen-bond donors (Lipinski definition) is 2. The largest absolute Gasteiger partial charge is 0.478 e. The van der Waals surface area contributed by atoms with Crippen molar-refractivity contribution in [2.75, 3.05) is 4.72 Å². The minimum atomic E-state index is -3.62. The monoisotopic (exact) mass is 381 g/mol. The van der Waals surface area contributed by atoms with Crippen molar-refractivity contribution in [2.45, 2.75) is 17.7 Å². The van der Waals surface area contributed by atoms with Crippen LogP contribution >= 0.6 is 0 Å². The zero-order valence-corrected chi connectivity index (χ0v) is 15.3. The lowest BCUT2D eigenvalue weighted by Gasteiger charge is -2.10. The molecule has 6 heteroatoms. The van der Waals surface area contributed by atoms with Crippen LogP contribution in [0.4, 0.5) is 5.69 Å². The minimum absolute atomic E-state index is 0.217. The standard InChI is InChI=1S/C21H19NO4S/c23-21(24)18-13-11-16(12-14-18)9-10-17-5-4-6-19(15-17)22-27(25,26)20-7-2-1-3-8-20/h1-8,11-15,22H,9-10H2,(H,23,24). The molecular weight excluding hydrogens is 362 g/mol. The van der Waals surface area contributed by atoms with Gasteiger partial charge in [-0.1, -0.05) is 42.5 Å². The summed E-state index contributed by atoms with van der Waals surface area (Å²) in [7, 11) is -3.62. The Balaban J connectivity index is 1.68. The first-order valence-electron chi connectivity index (χ1n) is 8.43. The van der Waals surface area contributed by atoms with Crippen LogP contribution in [0.3, 0.4) is 0 Å². The highest BCUT2D eigenvalue weighted by atomic mass is 32.2. The zero-order chi connectivity index (χ0) is 19.3. The highest BCUT2D eigenvalue weighted by Gasteiger charge is 2.13. The normalized spacial score (nSPS) is 11.1. The summed E-state index contributed by atoms with van der Waals surface area (Å²) in [6, 6.07) is 22.3. The van der Waals surface area contributed by atoms with Gasteiger partial charge in [0.15, 0.2) is 0 Å². The van der Waals surface area contributed by atoms with Crippen LogP contribution in [0, 0.1) is 0 Å². The smallest absolute Gasteiger partial charge is 0.335 e. The number of sulfonamides is 1. The number of carbonyl (C=O) groups is 1. The molecule has 0 unspecified atom stereocenters. The molecule has 0 bridgehead atoms. The fourth-order valence-corrected chi connectivity index (χ4v) is 3.78. The number of rotatable bonds is 7. The van der Waals surface area contributed by atoms with Crippen molar-refractivity contribution in [3.05, 3.63) is 95.6 Å². The van der Waals surface area contributed by atoms with Crippen LogP contribution in [-0.4, -0.2) is 19.5 Å². The van der Waals surface area contributed by atoms with Gasteiger partial charge in [0.2, 0.25) is 0 Å². The van der Waals surface area contributed by atoms with Crippen molar-refractivity contribution in [2.24, 2.45) is 0 Å². The van der Waals surface area contributed by atoms with Crippen LogP contribution in [0.1, 0.15) is 21.5 Å². The second-order valence-corrected chi connectivity index (χ2v) is 7.80. The molecule has 0 aromatic heterocycles. The predicted molar refractivity (Wildman–Crippen MR) is 105 cm³/mol. The first kappa shape index (κ1) is 18.7. The SMILES string of the molecule is O=C(O)c1ccc(CCc2cccc(NS(=O)(=O)c3ccccc3)c2)cc1. The van der Waals surface area contributed by atoms with Crippen molar-refractivity contribution in [3.63, 3.8) is 0 Å². The molecule has 3 rings (SSSR count). The summed E-state index contributed by atoms with van der Waals surface area (Å²) < 4.78 is 27.4. The highest BCUT2D eigenvalue weighted by molar-refractivity contribution is 7.92. The topological polar surface area (TPSA) is 83.5 Å². The van der Waals surface area contributed by atoms with E-state index < -0.39 is 16.0 Å². The Labute approximate surface area is 158 Å². The summed E-state index contributed by atoms with van der Waals surface area (Å²) in [6.07, 6.45) is 1.45. The third kappa shape index (κ3) is 4.95. The van der Waals surface area contributed by atoms with E-state index in [1.165, 1.54) is 0 Å². The fourth-order valence-electron chi connectivity index (χ4n) is 2.71. The van der Waals surface area contributed by atoms with Crippen LogP contribution in [0.5, 0.6) is 0 Å². The second-order valence-electron chi connectivity index (χ2n) is 6.12. The van der Waals surface area contributed by atoms with E-state index in [1.54, 1.807) is 60.7 Å². The van der Waals surface area contributed by atoms with Gasteiger partial charge in [-0.15, -0.1) is 0 Å². The summed E-state index contributed by atoms with van der Waals surface area (Å²) in [5.74, 6) is -0.944.